The number of aliphatic hydroxyl groups is 2. The van der Waals surface area contributed by atoms with Crippen molar-refractivity contribution in [2.24, 2.45) is 0 Å². The van der Waals surface area contributed by atoms with E-state index in [2.05, 4.69) is 0 Å². The molecule has 1 aromatic heterocycles. The minimum absolute atomic E-state index is 0.0904. The van der Waals surface area contributed by atoms with Gasteiger partial charge in [0, 0.05) is 11.1 Å². The predicted octanol–water partition coefficient (Wildman–Crippen LogP) is 2.93. The van der Waals surface area contributed by atoms with Gasteiger partial charge in [-0.25, -0.2) is 9.59 Å². The van der Waals surface area contributed by atoms with Crippen LogP contribution in [0.15, 0.2) is 46.3 Å². The van der Waals surface area contributed by atoms with Gasteiger partial charge in [-0.3, -0.25) is 0 Å². The molecule has 0 radical (unpaired) electrons. The van der Waals surface area contributed by atoms with E-state index in [1.165, 1.54) is 19.9 Å². The molecular weight excluding hydrogens is 352 g/mol. The zero-order chi connectivity index (χ0) is 20.4. The van der Waals surface area contributed by atoms with Crippen LogP contribution in [0.5, 0.6) is 0 Å². The summed E-state index contributed by atoms with van der Waals surface area (Å²) in [7, 11) is 0. The second kappa shape index (κ2) is 10.7. The molecule has 0 aliphatic carbocycles. The quantitative estimate of drug-likeness (QED) is 0.410. The van der Waals surface area contributed by atoms with Gasteiger partial charge >= 0.3 is 11.9 Å². The van der Waals surface area contributed by atoms with E-state index in [0.29, 0.717) is 12.8 Å². The van der Waals surface area contributed by atoms with E-state index in [1.807, 2.05) is 6.07 Å². The van der Waals surface area contributed by atoms with Crippen LogP contribution in [0.3, 0.4) is 0 Å². The second-order valence-electron chi connectivity index (χ2n) is 6.99. The van der Waals surface area contributed by atoms with Crippen molar-refractivity contribution in [3.63, 3.8) is 0 Å². The molecule has 0 aromatic carbocycles. The molecule has 0 fully saturated rings. The highest BCUT2D eigenvalue weighted by Gasteiger charge is 2.24. The van der Waals surface area contributed by atoms with Crippen molar-refractivity contribution in [3.8, 4) is 0 Å². The van der Waals surface area contributed by atoms with Crippen molar-refractivity contribution >= 4 is 11.9 Å². The summed E-state index contributed by atoms with van der Waals surface area (Å²) in [6, 6.07) is 1.82. The number of carbonyl (C=O) groups is 2. The highest BCUT2D eigenvalue weighted by atomic mass is 16.4. The Morgan fingerprint density at radius 1 is 1.11 bits per heavy atom. The third-order valence-corrected chi connectivity index (χ3v) is 4.26. The van der Waals surface area contributed by atoms with E-state index >= 15 is 0 Å². The Bertz CT molecular complexity index is 663. The number of carboxylic acids is 2. The van der Waals surface area contributed by atoms with E-state index in [-0.39, 0.29) is 36.8 Å². The van der Waals surface area contributed by atoms with Gasteiger partial charge in [-0.1, -0.05) is 12.2 Å². The summed E-state index contributed by atoms with van der Waals surface area (Å²) >= 11 is 0. The van der Waals surface area contributed by atoms with Gasteiger partial charge in [0.2, 0.25) is 0 Å². The smallest absolute Gasteiger partial charge is 0.331 e. The maximum Gasteiger partial charge on any atom is 0.331 e. The Morgan fingerprint density at radius 3 is 2.22 bits per heavy atom. The van der Waals surface area contributed by atoms with Gasteiger partial charge in [0.25, 0.3) is 0 Å². The molecule has 27 heavy (non-hydrogen) atoms. The van der Waals surface area contributed by atoms with Crippen molar-refractivity contribution in [3.05, 3.63) is 47.5 Å². The summed E-state index contributed by atoms with van der Waals surface area (Å²) < 4.78 is 4.96. The standard InChI is InChI=1S/C20H28O7/c1-20(2,26)17(21)10-9-16(19(24)25)8-4-7-15(18(22)23)6-3-5-14-11-12-27-13-14/h6,8,11-13,17,21,26H,3-5,7,9-10H2,1-2H3,(H,22,23)(H,24,25)/b15-6+,16-8+/t17-/m1/s1. The van der Waals surface area contributed by atoms with Crippen molar-refractivity contribution in [2.45, 2.75) is 64.1 Å². The number of hydrogen-bond donors (Lipinski definition) is 4. The van der Waals surface area contributed by atoms with Crippen LogP contribution in [-0.4, -0.2) is 44.1 Å². The normalized spacial score (nSPS) is 14.2. The van der Waals surface area contributed by atoms with Crippen LogP contribution in [0.1, 0.15) is 51.5 Å². The molecule has 0 unspecified atom stereocenters. The number of furan rings is 1. The molecule has 0 aliphatic heterocycles. The topological polar surface area (TPSA) is 128 Å². The van der Waals surface area contributed by atoms with Crippen LogP contribution in [0.4, 0.5) is 0 Å². The maximum atomic E-state index is 11.3. The van der Waals surface area contributed by atoms with Gasteiger partial charge < -0.3 is 24.8 Å². The van der Waals surface area contributed by atoms with Gasteiger partial charge in [-0.05, 0) is 64.0 Å². The summed E-state index contributed by atoms with van der Waals surface area (Å²) in [6.07, 6.45) is 7.14. The Balaban J connectivity index is 2.60. The molecule has 0 spiro atoms. The van der Waals surface area contributed by atoms with Gasteiger partial charge in [-0.2, -0.15) is 0 Å². The first-order valence-electron chi connectivity index (χ1n) is 8.87. The summed E-state index contributed by atoms with van der Waals surface area (Å²) in [4.78, 5) is 22.7. The number of carboxylic acid groups (broad SMARTS) is 2. The lowest BCUT2D eigenvalue weighted by atomic mass is 9.95. The van der Waals surface area contributed by atoms with Crippen molar-refractivity contribution in [2.75, 3.05) is 0 Å². The van der Waals surface area contributed by atoms with Gasteiger partial charge in [0.15, 0.2) is 0 Å². The summed E-state index contributed by atoms with van der Waals surface area (Å²) in [5, 5.41) is 38.1. The minimum atomic E-state index is -1.31. The molecule has 4 N–H and O–H groups in total. The third kappa shape index (κ3) is 8.70. The largest absolute Gasteiger partial charge is 0.478 e. The SMILES string of the molecule is CC(C)(O)[C@H](O)CC/C(=C\CC/C(=C\CCc1ccoc1)C(=O)O)C(=O)O. The van der Waals surface area contributed by atoms with Gasteiger partial charge in [-0.15, -0.1) is 0 Å². The van der Waals surface area contributed by atoms with E-state index < -0.39 is 23.6 Å². The first-order chi connectivity index (χ1) is 12.6. The summed E-state index contributed by atoms with van der Waals surface area (Å²) in [5.74, 6) is -2.14. The highest BCUT2D eigenvalue weighted by molar-refractivity contribution is 5.87. The molecule has 1 aromatic rings. The fraction of sp³-hybridized carbons (Fsp3) is 0.500. The second-order valence-corrected chi connectivity index (χ2v) is 6.99. The minimum Gasteiger partial charge on any atom is -0.478 e. The average molecular weight is 380 g/mol. The van der Waals surface area contributed by atoms with E-state index in [1.54, 1.807) is 18.6 Å². The van der Waals surface area contributed by atoms with Gasteiger partial charge in [0.1, 0.15) is 0 Å². The molecule has 1 heterocycles. The Kier molecular flexibility index (Phi) is 8.97. The lowest BCUT2D eigenvalue weighted by Crippen LogP contribution is -2.35. The fourth-order valence-electron chi connectivity index (χ4n) is 2.49. The maximum absolute atomic E-state index is 11.3. The molecule has 150 valence electrons. The number of aliphatic carboxylic acids is 2. The molecule has 0 saturated heterocycles. The molecule has 0 bridgehead atoms. The molecule has 1 atom stereocenters. The van der Waals surface area contributed by atoms with Crippen molar-refractivity contribution in [1.29, 1.82) is 0 Å². The lowest BCUT2D eigenvalue weighted by Gasteiger charge is -2.24. The van der Waals surface area contributed by atoms with Crippen LogP contribution >= 0.6 is 0 Å². The molecule has 0 amide bonds. The average Bonchev–Trinajstić information content (AvgIpc) is 3.07. The number of aryl methyl sites for hydroxylation is 1. The van der Waals surface area contributed by atoms with Crippen molar-refractivity contribution in [1.82, 2.24) is 0 Å². The molecular formula is C20H28O7. The monoisotopic (exact) mass is 380 g/mol. The number of hydrogen-bond acceptors (Lipinski definition) is 5. The Morgan fingerprint density at radius 2 is 1.70 bits per heavy atom. The molecule has 1 rings (SSSR count). The molecule has 0 saturated carbocycles. The predicted molar refractivity (Wildman–Crippen MR) is 99.2 cm³/mol. The van der Waals surface area contributed by atoms with E-state index in [9.17, 15) is 30.0 Å². The zero-order valence-corrected chi connectivity index (χ0v) is 15.7. The van der Waals surface area contributed by atoms with Crippen LogP contribution < -0.4 is 0 Å². The van der Waals surface area contributed by atoms with E-state index in [4.69, 9.17) is 4.42 Å². The Hall–Kier alpha value is -2.38. The summed E-state index contributed by atoms with van der Waals surface area (Å²) in [5.41, 5.74) is 0.00418. The molecule has 7 nitrogen and oxygen atoms in total. The third-order valence-electron chi connectivity index (χ3n) is 4.26. The van der Waals surface area contributed by atoms with Crippen molar-refractivity contribution < 1.29 is 34.4 Å². The fourth-order valence-corrected chi connectivity index (χ4v) is 2.49. The Labute approximate surface area is 158 Å². The van der Waals surface area contributed by atoms with Crippen LogP contribution in [0, 0.1) is 0 Å². The highest BCUT2D eigenvalue weighted by Crippen LogP contribution is 2.18. The summed E-state index contributed by atoms with van der Waals surface area (Å²) in [6.45, 7) is 2.91. The van der Waals surface area contributed by atoms with Crippen LogP contribution in [0.25, 0.3) is 0 Å². The zero-order valence-electron chi connectivity index (χ0n) is 15.7. The van der Waals surface area contributed by atoms with E-state index in [0.717, 1.165) is 5.56 Å². The molecule has 7 heteroatoms. The first-order valence-corrected chi connectivity index (χ1v) is 8.87. The molecule has 0 aliphatic rings. The van der Waals surface area contributed by atoms with Crippen LogP contribution in [-0.2, 0) is 16.0 Å². The van der Waals surface area contributed by atoms with Gasteiger partial charge in [0.05, 0.1) is 24.2 Å². The number of allylic oxidation sites excluding steroid dienone is 2. The first kappa shape index (κ1) is 22.7. The van der Waals surface area contributed by atoms with Crippen LogP contribution in [0.2, 0.25) is 0 Å². The lowest BCUT2D eigenvalue weighted by molar-refractivity contribution is -0.133. The number of rotatable bonds is 12. The number of aliphatic hydroxyl groups excluding tert-OH is 1.